The first kappa shape index (κ1) is 26.2. The number of hydrogen-bond donors (Lipinski definition) is 3. The molecule has 9 atom stereocenters. The van der Waals surface area contributed by atoms with E-state index >= 15 is 0 Å². The van der Waals surface area contributed by atoms with Crippen LogP contribution in [0.5, 0.6) is 0 Å². The van der Waals surface area contributed by atoms with Crippen LogP contribution >= 0.6 is 0 Å². The van der Waals surface area contributed by atoms with Crippen molar-refractivity contribution in [2.75, 3.05) is 0 Å². The summed E-state index contributed by atoms with van der Waals surface area (Å²) in [5.41, 5.74) is 0.216. The highest BCUT2D eigenvalue weighted by Gasteiger charge is 2.62. The van der Waals surface area contributed by atoms with Gasteiger partial charge in [0.1, 0.15) is 11.6 Å². The van der Waals surface area contributed by atoms with E-state index in [-0.39, 0.29) is 66.2 Å². The first-order valence-electron chi connectivity index (χ1n) is 13.1. The van der Waals surface area contributed by atoms with Crippen molar-refractivity contribution in [1.29, 1.82) is 0 Å². The molecular formula is C28H40O7. The van der Waals surface area contributed by atoms with E-state index in [9.17, 15) is 29.4 Å². The molecule has 0 amide bonds. The van der Waals surface area contributed by atoms with Gasteiger partial charge in [0.25, 0.3) is 0 Å². The SMILES string of the molecule is CC(CC(=O)CC(C)C1CC(O)C2C3=C(C(=O)CC12)C1(C)CCC(=O)C(C)(C)C1CC3O)C(=O)O. The normalized spacial score (nSPS) is 40.0. The summed E-state index contributed by atoms with van der Waals surface area (Å²) in [6.45, 7) is 9.38. The van der Waals surface area contributed by atoms with Crippen molar-refractivity contribution in [3.63, 3.8) is 0 Å². The van der Waals surface area contributed by atoms with Crippen molar-refractivity contribution >= 4 is 23.3 Å². The van der Waals surface area contributed by atoms with Gasteiger partial charge in [0.05, 0.1) is 18.1 Å². The highest BCUT2D eigenvalue weighted by molar-refractivity contribution is 6.00. The second-order valence-corrected chi connectivity index (χ2v) is 12.6. The summed E-state index contributed by atoms with van der Waals surface area (Å²) in [6, 6.07) is 0. The van der Waals surface area contributed by atoms with Crippen LogP contribution in [0, 0.1) is 46.3 Å². The predicted octanol–water partition coefficient (Wildman–Crippen LogP) is 3.35. The molecule has 4 rings (SSSR count). The van der Waals surface area contributed by atoms with Crippen molar-refractivity contribution in [2.45, 2.75) is 91.8 Å². The van der Waals surface area contributed by atoms with Gasteiger partial charge in [-0.3, -0.25) is 19.2 Å². The summed E-state index contributed by atoms with van der Waals surface area (Å²) >= 11 is 0. The molecule has 194 valence electrons. The van der Waals surface area contributed by atoms with E-state index in [0.717, 1.165) is 0 Å². The molecule has 2 fully saturated rings. The summed E-state index contributed by atoms with van der Waals surface area (Å²) in [6.07, 6.45) is 0.759. The van der Waals surface area contributed by atoms with Crippen molar-refractivity contribution in [1.82, 2.24) is 0 Å². The van der Waals surface area contributed by atoms with Gasteiger partial charge in [-0.05, 0) is 48.5 Å². The Morgan fingerprint density at radius 2 is 1.71 bits per heavy atom. The number of carbonyl (C=O) groups excluding carboxylic acids is 3. The number of carboxylic acid groups (broad SMARTS) is 1. The minimum absolute atomic E-state index is 0.00905. The van der Waals surface area contributed by atoms with Gasteiger partial charge in [-0.1, -0.05) is 34.6 Å². The smallest absolute Gasteiger partial charge is 0.306 e. The maximum atomic E-state index is 13.7. The van der Waals surface area contributed by atoms with Crippen LogP contribution in [0.2, 0.25) is 0 Å². The lowest BCUT2D eigenvalue weighted by Gasteiger charge is -2.57. The van der Waals surface area contributed by atoms with Gasteiger partial charge in [-0.15, -0.1) is 0 Å². The second-order valence-electron chi connectivity index (χ2n) is 12.6. The average Bonchev–Trinajstić information content (AvgIpc) is 3.08. The van der Waals surface area contributed by atoms with Gasteiger partial charge in [0.15, 0.2) is 5.78 Å². The monoisotopic (exact) mass is 488 g/mol. The summed E-state index contributed by atoms with van der Waals surface area (Å²) in [5, 5.41) is 31.6. The molecule has 9 unspecified atom stereocenters. The minimum Gasteiger partial charge on any atom is -0.481 e. The average molecular weight is 489 g/mol. The van der Waals surface area contributed by atoms with Crippen LogP contribution in [0.1, 0.15) is 79.6 Å². The highest BCUT2D eigenvalue weighted by atomic mass is 16.4. The van der Waals surface area contributed by atoms with Crippen molar-refractivity contribution in [2.24, 2.45) is 46.3 Å². The lowest BCUT2D eigenvalue weighted by Crippen LogP contribution is -2.56. The Hall–Kier alpha value is -1.86. The van der Waals surface area contributed by atoms with Crippen LogP contribution in [0.3, 0.4) is 0 Å². The fourth-order valence-electron chi connectivity index (χ4n) is 8.29. The molecule has 0 aromatic rings. The van der Waals surface area contributed by atoms with Crippen molar-refractivity contribution in [3.05, 3.63) is 11.1 Å². The van der Waals surface area contributed by atoms with E-state index in [0.29, 0.717) is 36.8 Å². The number of hydrogen-bond acceptors (Lipinski definition) is 6. The largest absolute Gasteiger partial charge is 0.481 e. The number of Topliss-reactive ketones (excluding diaryl/α,β-unsaturated/α-hetero) is 3. The Kier molecular flexibility index (Phi) is 6.67. The third-order valence-electron chi connectivity index (χ3n) is 10.1. The molecule has 0 aromatic carbocycles. The Morgan fingerprint density at radius 1 is 1.06 bits per heavy atom. The van der Waals surface area contributed by atoms with Gasteiger partial charge >= 0.3 is 5.97 Å². The zero-order chi connectivity index (χ0) is 26.0. The summed E-state index contributed by atoms with van der Waals surface area (Å²) in [7, 11) is 0. The first-order valence-corrected chi connectivity index (χ1v) is 13.1. The number of aliphatic hydroxyl groups is 2. The molecule has 0 saturated heterocycles. The standard InChI is InChI=1S/C28H40O7/c1-13(8-15(29)9-14(2)26(34)35)16-10-18(30)23-17(16)11-20(32)25-24(23)19(31)12-21-27(3,4)22(33)6-7-28(21,25)5/h13-14,16-19,21,23,30-31H,6-12H2,1-5H3,(H,34,35). The predicted molar refractivity (Wildman–Crippen MR) is 128 cm³/mol. The molecule has 7 nitrogen and oxygen atoms in total. The van der Waals surface area contributed by atoms with Crippen LogP contribution < -0.4 is 0 Å². The van der Waals surface area contributed by atoms with E-state index in [4.69, 9.17) is 5.11 Å². The molecular weight excluding hydrogens is 448 g/mol. The van der Waals surface area contributed by atoms with E-state index in [1.165, 1.54) is 6.92 Å². The summed E-state index contributed by atoms with van der Waals surface area (Å²) in [5.74, 6) is -2.42. The number of carboxylic acids is 1. The molecule has 0 radical (unpaired) electrons. The molecule has 2 saturated carbocycles. The summed E-state index contributed by atoms with van der Waals surface area (Å²) < 4.78 is 0. The Bertz CT molecular complexity index is 978. The number of carbonyl (C=O) groups is 4. The van der Waals surface area contributed by atoms with Crippen molar-refractivity contribution in [3.8, 4) is 0 Å². The van der Waals surface area contributed by atoms with Crippen LogP contribution in [0.4, 0.5) is 0 Å². The zero-order valence-electron chi connectivity index (χ0n) is 21.5. The van der Waals surface area contributed by atoms with Gasteiger partial charge in [0.2, 0.25) is 0 Å². The Labute approximate surface area is 207 Å². The van der Waals surface area contributed by atoms with Gasteiger partial charge in [0, 0.05) is 48.0 Å². The van der Waals surface area contributed by atoms with E-state index in [1.807, 2.05) is 20.8 Å². The van der Waals surface area contributed by atoms with Crippen LogP contribution in [0.25, 0.3) is 0 Å². The van der Waals surface area contributed by atoms with Gasteiger partial charge < -0.3 is 15.3 Å². The highest BCUT2D eigenvalue weighted by Crippen LogP contribution is 2.63. The third kappa shape index (κ3) is 4.12. The maximum Gasteiger partial charge on any atom is 0.306 e. The maximum absolute atomic E-state index is 13.7. The van der Waals surface area contributed by atoms with Crippen LogP contribution in [-0.2, 0) is 19.2 Å². The quantitative estimate of drug-likeness (QED) is 0.523. The number of rotatable bonds is 6. The van der Waals surface area contributed by atoms with Gasteiger partial charge in [-0.2, -0.15) is 0 Å². The molecule has 4 aliphatic rings. The fourth-order valence-corrected chi connectivity index (χ4v) is 8.29. The lowest BCUT2D eigenvalue weighted by atomic mass is 9.46. The molecule has 0 spiro atoms. The fraction of sp³-hybridized carbons (Fsp3) is 0.786. The van der Waals surface area contributed by atoms with E-state index in [2.05, 4.69) is 6.92 Å². The number of allylic oxidation sites excluding steroid dienone is 1. The van der Waals surface area contributed by atoms with Crippen molar-refractivity contribution < 1.29 is 34.5 Å². The molecule has 0 heterocycles. The molecule has 3 N–H and O–H groups in total. The number of aliphatic hydroxyl groups excluding tert-OH is 2. The lowest BCUT2D eigenvalue weighted by molar-refractivity contribution is -0.143. The summed E-state index contributed by atoms with van der Waals surface area (Å²) in [4.78, 5) is 50.1. The third-order valence-corrected chi connectivity index (χ3v) is 10.1. The van der Waals surface area contributed by atoms with E-state index < -0.39 is 34.9 Å². The molecule has 35 heavy (non-hydrogen) atoms. The number of fused-ring (bicyclic) bond motifs is 4. The first-order chi connectivity index (χ1) is 16.2. The number of ketones is 3. The minimum atomic E-state index is -0.995. The number of aliphatic carboxylic acids is 1. The van der Waals surface area contributed by atoms with Crippen LogP contribution in [-0.4, -0.2) is 50.8 Å². The second kappa shape index (κ2) is 8.91. The van der Waals surface area contributed by atoms with Gasteiger partial charge in [-0.25, -0.2) is 0 Å². The Morgan fingerprint density at radius 3 is 2.34 bits per heavy atom. The van der Waals surface area contributed by atoms with Crippen LogP contribution in [0.15, 0.2) is 11.1 Å². The molecule has 0 bridgehead atoms. The Balaban J connectivity index is 1.63. The topological polar surface area (TPSA) is 129 Å². The molecule has 0 aliphatic heterocycles. The zero-order valence-corrected chi connectivity index (χ0v) is 21.5. The van der Waals surface area contributed by atoms with E-state index in [1.54, 1.807) is 0 Å². The molecule has 4 aliphatic carbocycles. The molecule has 0 aromatic heterocycles. The molecule has 7 heteroatoms.